The Morgan fingerprint density at radius 3 is 2.48 bits per heavy atom. The van der Waals surface area contributed by atoms with Crippen molar-refractivity contribution in [2.24, 2.45) is 5.73 Å². The topological polar surface area (TPSA) is 183 Å². The molecule has 6 unspecified atom stereocenters. The molecular weight excluding hydrogens is 288 g/mol. The lowest BCUT2D eigenvalue weighted by Gasteiger charge is -2.44. The van der Waals surface area contributed by atoms with Gasteiger partial charge in [-0.1, -0.05) is 0 Å². The van der Waals surface area contributed by atoms with E-state index in [1.165, 1.54) is 0 Å². The number of carboxylic acid groups (broad SMARTS) is 1. The van der Waals surface area contributed by atoms with Gasteiger partial charge in [-0.25, -0.2) is 4.79 Å². The molecule has 0 aliphatic carbocycles. The van der Waals surface area contributed by atoms with Gasteiger partial charge >= 0.3 is 5.97 Å². The molecule has 1 rings (SSSR count). The van der Waals surface area contributed by atoms with E-state index in [1.807, 2.05) is 0 Å². The predicted molar refractivity (Wildman–Crippen MR) is 66.8 cm³/mol. The smallest absolute Gasteiger partial charge is 0.364 e. The van der Waals surface area contributed by atoms with Crippen LogP contribution in [0.3, 0.4) is 0 Å². The number of nitrogens with one attached hydrogen (secondary N) is 1. The Morgan fingerprint density at radius 1 is 1.48 bits per heavy atom. The number of hydrogen-bond donors (Lipinski definition) is 7. The van der Waals surface area contributed by atoms with E-state index in [2.05, 4.69) is 5.32 Å². The lowest BCUT2D eigenvalue weighted by atomic mass is 9.88. The summed E-state index contributed by atoms with van der Waals surface area (Å²) in [6.45, 7) is 0.781. The fraction of sp³-hybridized carbons (Fsp3) is 0.818. The van der Waals surface area contributed by atoms with Crippen molar-refractivity contribution >= 4 is 11.9 Å². The Hall–Kier alpha value is -1.30. The first-order valence-electron chi connectivity index (χ1n) is 6.27. The van der Waals surface area contributed by atoms with Crippen LogP contribution < -0.4 is 11.1 Å². The number of nitrogens with two attached hydrogens (primary N) is 1. The molecule has 21 heavy (non-hydrogen) atoms. The number of carbonyl (C=O) groups excluding carboxylic acids is 1. The fourth-order valence-electron chi connectivity index (χ4n) is 2.17. The Labute approximate surface area is 120 Å². The number of rotatable bonds is 5. The van der Waals surface area contributed by atoms with E-state index in [0.717, 1.165) is 6.92 Å². The minimum absolute atomic E-state index is 0.366. The van der Waals surface area contributed by atoms with Gasteiger partial charge in [-0.2, -0.15) is 0 Å². The molecule has 8 N–H and O–H groups in total. The first-order chi connectivity index (χ1) is 9.62. The number of amides is 1. The van der Waals surface area contributed by atoms with Gasteiger partial charge in [0.15, 0.2) is 0 Å². The third kappa shape index (κ3) is 3.87. The molecule has 0 radical (unpaired) electrons. The first kappa shape index (κ1) is 17.8. The van der Waals surface area contributed by atoms with E-state index < -0.39 is 54.5 Å². The summed E-state index contributed by atoms with van der Waals surface area (Å²) in [7, 11) is 0. The molecule has 1 fully saturated rings. The van der Waals surface area contributed by atoms with Gasteiger partial charge in [0.25, 0.3) is 5.79 Å². The third-order valence-electron chi connectivity index (χ3n) is 3.26. The standard InChI is InChI=1S/C11H20N2O8/c1-4(14)13-7-5(15)2-11(20,10(18)19)21-9(7)8(17)6(16)3-12/h5-9,15-17,20H,2-3,12H2,1H3,(H,13,14)(H,18,19). The zero-order valence-electron chi connectivity index (χ0n) is 11.3. The fourth-order valence-corrected chi connectivity index (χ4v) is 2.17. The molecule has 0 aromatic carbocycles. The van der Waals surface area contributed by atoms with Gasteiger partial charge in [-0.05, 0) is 0 Å². The normalized spacial score (nSPS) is 35.8. The van der Waals surface area contributed by atoms with E-state index in [9.17, 15) is 30.0 Å². The zero-order valence-corrected chi connectivity index (χ0v) is 11.3. The van der Waals surface area contributed by atoms with Crippen LogP contribution in [-0.2, 0) is 14.3 Å². The van der Waals surface area contributed by atoms with Gasteiger partial charge in [-0.3, -0.25) is 4.79 Å². The summed E-state index contributed by atoms with van der Waals surface area (Å²) in [5.74, 6) is -5.07. The zero-order chi connectivity index (χ0) is 16.4. The maximum Gasteiger partial charge on any atom is 0.364 e. The van der Waals surface area contributed by atoms with E-state index in [0.29, 0.717) is 0 Å². The molecule has 122 valence electrons. The van der Waals surface area contributed by atoms with Crippen molar-refractivity contribution in [3.8, 4) is 0 Å². The Bertz CT molecular complexity index is 406. The van der Waals surface area contributed by atoms with Crippen molar-refractivity contribution in [2.75, 3.05) is 6.54 Å². The van der Waals surface area contributed by atoms with Gasteiger partial charge in [0.05, 0.1) is 18.2 Å². The molecule has 1 aliphatic heterocycles. The highest BCUT2D eigenvalue weighted by atomic mass is 16.7. The summed E-state index contributed by atoms with van der Waals surface area (Å²) < 4.78 is 4.92. The molecule has 1 amide bonds. The second-order valence-electron chi connectivity index (χ2n) is 4.96. The molecule has 0 aromatic heterocycles. The van der Waals surface area contributed by atoms with Crippen molar-refractivity contribution < 1.29 is 39.9 Å². The van der Waals surface area contributed by atoms with E-state index in [1.54, 1.807) is 0 Å². The van der Waals surface area contributed by atoms with Crippen LogP contribution in [-0.4, -0.2) is 80.2 Å². The maximum atomic E-state index is 11.1. The monoisotopic (exact) mass is 308 g/mol. The third-order valence-corrected chi connectivity index (χ3v) is 3.26. The number of hydrogen-bond acceptors (Lipinski definition) is 8. The van der Waals surface area contributed by atoms with E-state index in [-0.39, 0.29) is 6.54 Å². The number of aliphatic hydroxyl groups excluding tert-OH is 3. The molecule has 1 heterocycles. The van der Waals surface area contributed by atoms with Gasteiger partial charge in [-0.15, -0.1) is 0 Å². The molecule has 0 aromatic rings. The van der Waals surface area contributed by atoms with Crippen LogP contribution in [0.4, 0.5) is 0 Å². The minimum atomic E-state index is -2.74. The number of carbonyl (C=O) groups is 2. The highest BCUT2D eigenvalue weighted by Crippen LogP contribution is 2.30. The number of aliphatic carboxylic acids is 1. The van der Waals surface area contributed by atoms with Crippen LogP contribution >= 0.6 is 0 Å². The molecule has 6 atom stereocenters. The first-order valence-corrected chi connectivity index (χ1v) is 6.27. The van der Waals surface area contributed by atoms with Gasteiger partial charge < -0.3 is 41.3 Å². The summed E-state index contributed by atoms with van der Waals surface area (Å²) in [6, 6.07) is -1.21. The van der Waals surface area contributed by atoms with Crippen LogP contribution in [0.25, 0.3) is 0 Å². The molecule has 1 saturated heterocycles. The van der Waals surface area contributed by atoms with Gasteiger partial charge in [0.2, 0.25) is 5.91 Å². The van der Waals surface area contributed by atoms with Gasteiger partial charge in [0, 0.05) is 19.9 Å². The highest BCUT2D eigenvalue weighted by Gasteiger charge is 2.53. The molecule has 0 bridgehead atoms. The average molecular weight is 308 g/mol. The van der Waals surface area contributed by atoms with Crippen molar-refractivity contribution in [1.82, 2.24) is 5.32 Å². The maximum absolute atomic E-state index is 11.1. The summed E-state index contributed by atoms with van der Waals surface area (Å²) in [4.78, 5) is 22.2. The van der Waals surface area contributed by atoms with Gasteiger partial charge in [0.1, 0.15) is 12.2 Å². The molecule has 0 saturated carbocycles. The van der Waals surface area contributed by atoms with Crippen molar-refractivity contribution in [3.05, 3.63) is 0 Å². The summed E-state index contributed by atoms with van der Waals surface area (Å²) >= 11 is 0. The van der Waals surface area contributed by atoms with E-state index in [4.69, 9.17) is 15.6 Å². The predicted octanol–water partition coefficient (Wildman–Crippen LogP) is -3.91. The molecule has 10 nitrogen and oxygen atoms in total. The van der Waals surface area contributed by atoms with Crippen LogP contribution in [0.2, 0.25) is 0 Å². The number of aliphatic hydroxyl groups is 4. The van der Waals surface area contributed by atoms with Crippen LogP contribution in [0.5, 0.6) is 0 Å². The summed E-state index contributed by atoms with van der Waals surface area (Å²) in [6.07, 6.45) is -6.98. The quantitative estimate of drug-likeness (QED) is 0.267. The second-order valence-corrected chi connectivity index (χ2v) is 4.96. The largest absolute Gasteiger partial charge is 0.477 e. The Kier molecular flexibility index (Phi) is 5.61. The lowest BCUT2D eigenvalue weighted by molar-refractivity contribution is -0.294. The van der Waals surface area contributed by atoms with Crippen LogP contribution in [0.15, 0.2) is 0 Å². The van der Waals surface area contributed by atoms with Crippen LogP contribution in [0.1, 0.15) is 13.3 Å². The summed E-state index contributed by atoms with van der Waals surface area (Å²) in [5, 5.41) is 50.5. The lowest BCUT2D eigenvalue weighted by Crippen LogP contribution is -2.67. The SMILES string of the molecule is CC(=O)NC1C(O)CC(O)(C(=O)O)OC1C(O)C(O)CN. The average Bonchev–Trinajstić information content (AvgIpc) is 2.39. The van der Waals surface area contributed by atoms with Crippen molar-refractivity contribution in [2.45, 2.75) is 49.6 Å². The minimum Gasteiger partial charge on any atom is -0.477 e. The molecule has 10 heteroatoms. The van der Waals surface area contributed by atoms with Crippen molar-refractivity contribution in [1.29, 1.82) is 0 Å². The van der Waals surface area contributed by atoms with E-state index >= 15 is 0 Å². The highest BCUT2D eigenvalue weighted by molar-refractivity contribution is 5.76. The number of ether oxygens (including phenoxy) is 1. The number of carboxylic acids is 1. The molecular formula is C11H20N2O8. The van der Waals surface area contributed by atoms with Crippen molar-refractivity contribution in [3.63, 3.8) is 0 Å². The Balaban J connectivity index is 3.07. The Morgan fingerprint density at radius 2 is 2.05 bits per heavy atom. The second kappa shape index (κ2) is 6.64. The molecule has 1 aliphatic rings. The molecule has 0 spiro atoms. The summed E-state index contributed by atoms with van der Waals surface area (Å²) in [5.41, 5.74) is 5.19. The van der Waals surface area contributed by atoms with Crippen LogP contribution in [0, 0.1) is 0 Å².